The molecule has 0 radical (unpaired) electrons. The zero-order valence-electron chi connectivity index (χ0n) is 8.79. The van der Waals surface area contributed by atoms with Crippen molar-refractivity contribution in [2.45, 2.75) is 6.36 Å². The van der Waals surface area contributed by atoms with Crippen LogP contribution in [0.25, 0.3) is 11.3 Å². The molecule has 2 aromatic rings. The lowest BCUT2D eigenvalue weighted by molar-refractivity contribution is 0.0634. The molecule has 2 rings (SSSR count). The van der Waals surface area contributed by atoms with Gasteiger partial charge in [0.2, 0.25) is 0 Å². The lowest BCUT2D eigenvalue weighted by Crippen LogP contribution is -1.91. The first-order valence-electron chi connectivity index (χ1n) is 4.74. The Balaban J connectivity index is 2.19. The van der Waals surface area contributed by atoms with Gasteiger partial charge in [-0.3, -0.25) is 0 Å². The molecule has 18 heavy (non-hydrogen) atoms. The fourth-order valence-electron chi connectivity index (χ4n) is 1.27. The summed E-state index contributed by atoms with van der Waals surface area (Å²) < 4.78 is 28.8. The molecule has 1 N–H and O–H groups in total. The second kappa shape index (κ2) is 5.95. The molecule has 0 aliphatic carbocycles. The van der Waals surface area contributed by atoms with E-state index >= 15 is 0 Å². The summed E-state index contributed by atoms with van der Waals surface area (Å²) in [5, 5.41) is 1.68. The van der Waals surface area contributed by atoms with Crippen molar-refractivity contribution in [3.8, 4) is 11.3 Å². The Morgan fingerprint density at radius 2 is 2.11 bits per heavy atom. The molecule has 8 heteroatoms. The van der Waals surface area contributed by atoms with Crippen molar-refractivity contribution in [1.29, 1.82) is 0 Å². The maximum absolute atomic E-state index is 13.4. The molecule has 0 saturated carbocycles. The SMILES string of the molecule is O=[P+](O)OC(F)c1nc(-c2ccc(Br)cc2)cs1. The van der Waals surface area contributed by atoms with Gasteiger partial charge < -0.3 is 0 Å². The van der Waals surface area contributed by atoms with E-state index in [9.17, 15) is 8.96 Å². The lowest BCUT2D eigenvalue weighted by Gasteiger charge is -1.97. The minimum Gasteiger partial charge on any atom is -0.235 e. The Morgan fingerprint density at radius 3 is 2.72 bits per heavy atom. The summed E-state index contributed by atoms with van der Waals surface area (Å²) in [5.41, 5.74) is 1.43. The molecule has 1 aromatic carbocycles. The van der Waals surface area contributed by atoms with Crippen molar-refractivity contribution in [3.63, 3.8) is 0 Å². The number of alkyl halides is 1. The van der Waals surface area contributed by atoms with Gasteiger partial charge in [-0.1, -0.05) is 32.6 Å². The van der Waals surface area contributed by atoms with E-state index in [1.54, 1.807) is 5.38 Å². The Morgan fingerprint density at radius 1 is 1.44 bits per heavy atom. The Bertz CT molecular complexity index is 563. The topological polar surface area (TPSA) is 59.4 Å². The third-order valence-corrected chi connectivity index (χ3v) is 3.79. The average Bonchev–Trinajstić information content (AvgIpc) is 2.78. The molecule has 1 aromatic heterocycles. The van der Waals surface area contributed by atoms with Crippen molar-refractivity contribution in [2.75, 3.05) is 0 Å². The van der Waals surface area contributed by atoms with E-state index < -0.39 is 14.6 Å². The van der Waals surface area contributed by atoms with Gasteiger partial charge in [0.15, 0.2) is 5.01 Å². The predicted octanol–water partition coefficient (Wildman–Crippen LogP) is 4.21. The number of aromatic nitrogens is 1. The summed E-state index contributed by atoms with van der Waals surface area (Å²) in [6.07, 6.45) is -1.98. The number of rotatable bonds is 4. The van der Waals surface area contributed by atoms with Gasteiger partial charge in [0.25, 0.3) is 0 Å². The quantitative estimate of drug-likeness (QED) is 0.839. The van der Waals surface area contributed by atoms with Crippen LogP contribution >= 0.6 is 35.5 Å². The lowest BCUT2D eigenvalue weighted by atomic mass is 10.2. The summed E-state index contributed by atoms with van der Waals surface area (Å²) >= 11 is 4.35. The van der Waals surface area contributed by atoms with Gasteiger partial charge in [-0.2, -0.15) is 0 Å². The zero-order chi connectivity index (χ0) is 13.1. The molecule has 94 valence electrons. The number of benzene rings is 1. The Hall–Kier alpha value is -0.720. The molecule has 0 spiro atoms. The van der Waals surface area contributed by atoms with E-state index in [1.807, 2.05) is 24.3 Å². The molecule has 0 saturated heterocycles. The van der Waals surface area contributed by atoms with Crippen LogP contribution in [0, 0.1) is 0 Å². The second-order valence-corrected chi connectivity index (χ2v) is 5.73. The van der Waals surface area contributed by atoms with Crippen LogP contribution in [0.3, 0.4) is 0 Å². The molecule has 2 unspecified atom stereocenters. The van der Waals surface area contributed by atoms with Gasteiger partial charge in [-0.15, -0.1) is 16.2 Å². The predicted molar refractivity (Wildman–Crippen MR) is 70.0 cm³/mol. The van der Waals surface area contributed by atoms with Gasteiger partial charge in [0.1, 0.15) is 0 Å². The highest BCUT2D eigenvalue weighted by Crippen LogP contribution is 2.33. The van der Waals surface area contributed by atoms with E-state index in [0.717, 1.165) is 21.4 Å². The summed E-state index contributed by atoms with van der Waals surface area (Å²) in [4.78, 5) is 12.5. The maximum atomic E-state index is 13.4. The monoisotopic (exact) mass is 350 g/mol. The van der Waals surface area contributed by atoms with Crippen molar-refractivity contribution < 1.29 is 18.4 Å². The first kappa shape index (κ1) is 13.7. The fourth-order valence-corrected chi connectivity index (χ4v) is 2.59. The summed E-state index contributed by atoms with van der Waals surface area (Å²) in [5.74, 6) is 0. The van der Waals surface area contributed by atoms with Crippen LogP contribution in [0.2, 0.25) is 0 Å². The van der Waals surface area contributed by atoms with E-state index in [0.29, 0.717) is 5.69 Å². The van der Waals surface area contributed by atoms with Gasteiger partial charge in [0.05, 0.1) is 5.69 Å². The molecule has 0 bridgehead atoms. The molecule has 4 nitrogen and oxygen atoms in total. The largest absolute Gasteiger partial charge is 0.698 e. The number of hydrogen-bond acceptors (Lipinski definition) is 4. The minimum atomic E-state index is -2.98. The van der Waals surface area contributed by atoms with Gasteiger partial charge in [-0.25, -0.2) is 9.37 Å². The van der Waals surface area contributed by atoms with Crippen molar-refractivity contribution in [2.24, 2.45) is 0 Å². The number of thiazole rings is 1. The van der Waals surface area contributed by atoms with Crippen LogP contribution in [-0.4, -0.2) is 9.88 Å². The number of nitrogens with zero attached hydrogens (tertiary/aromatic N) is 1. The molecule has 2 atom stereocenters. The number of hydrogen-bond donors (Lipinski definition) is 1. The first-order chi connectivity index (χ1) is 8.56. The van der Waals surface area contributed by atoms with Crippen molar-refractivity contribution in [1.82, 2.24) is 4.98 Å². The minimum absolute atomic E-state index is 0.0188. The molecule has 0 fully saturated rings. The smallest absolute Gasteiger partial charge is 0.235 e. The molecule has 1 heterocycles. The van der Waals surface area contributed by atoms with E-state index in [1.165, 1.54) is 0 Å². The molecule has 0 aliphatic rings. The van der Waals surface area contributed by atoms with Crippen LogP contribution < -0.4 is 0 Å². The molecule has 0 amide bonds. The molecular formula is C10H7BrFNO3PS+. The normalized spacial score (nSPS) is 13.4. The summed E-state index contributed by atoms with van der Waals surface area (Å²) in [6, 6.07) is 7.37. The highest BCUT2D eigenvalue weighted by Gasteiger charge is 2.26. The van der Waals surface area contributed by atoms with Gasteiger partial charge >= 0.3 is 14.6 Å². The van der Waals surface area contributed by atoms with Crippen LogP contribution in [-0.2, 0) is 9.09 Å². The standard InChI is InChI=1S/C10H6BrFNO3PS/c11-7-3-1-6(2-4-7)8-5-18-10(13-8)9(12)16-17(14)15/h1-5,9H/p+1. The maximum Gasteiger partial charge on any atom is 0.698 e. The van der Waals surface area contributed by atoms with Crippen LogP contribution in [0.4, 0.5) is 4.39 Å². The van der Waals surface area contributed by atoms with Crippen molar-refractivity contribution >= 4 is 35.5 Å². The first-order valence-corrected chi connectivity index (χ1v) is 7.55. The van der Waals surface area contributed by atoms with Crippen molar-refractivity contribution in [3.05, 3.63) is 39.1 Å². The van der Waals surface area contributed by atoms with E-state index in [4.69, 9.17) is 4.89 Å². The second-order valence-electron chi connectivity index (χ2n) is 3.24. The van der Waals surface area contributed by atoms with Crippen LogP contribution in [0.1, 0.15) is 11.4 Å². The highest BCUT2D eigenvalue weighted by molar-refractivity contribution is 9.10. The number of halogens is 2. The summed E-state index contributed by atoms with van der Waals surface area (Å²) in [6.45, 7) is 0. The fraction of sp³-hybridized carbons (Fsp3) is 0.100. The van der Waals surface area contributed by atoms with E-state index in [2.05, 4.69) is 25.4 Å². The van der Waals surface area contributed by atoms with Gasteiger partial charge in [0, 0.05) is 20.0 Å². The van der Waals surface area contributed by atoms with Gasteiger partial charge in [-0.05, 0) is 12.1 Å². The van der Waals surface area contributed by atoms with Crippen LogP contribution in [0.15, 0.2) is 34.1 Å². The Labute approximate surface area is 116 Å². The zero-order valence-corrected chi connectivity index (χ0v) is 12.1. The third-order valence-electron chi connectivity index (χ3n) is 2.04. The molecule has 0 aliphatic heterocycles. The summed E-state index contributed by atoms with van der Waals surface area (Å²) in [7, 11) is -2.98. The highest BCUT2D eigenvalue weighted by atomic mass is 79.9. The van der Waals surface area contributed by atoms with E-state index in [-0.39, 0.29) is 5.01 Å². The molecular weight excluding hydrogens is 344 g/mol. The average molecular weight is 351 g/mol. The Kier molecular flexibility index (Phi) is 4.53. The third kappa shape index (κ3) is 3.40. The van der Waals surface area contributed by atoms with Crippen LogP contribution in [0.5, 0.6) is 0 Å².